The maximum Gasteiger partial charge on any atom is 0.330 e. The van der Waals surface area contributed by atoms with Crippen LogP contribution in [-0.4, -0.2) is 48.3 Å². The molecule has 25 heavy (non-hydrogen) atoms. The van der Waals surface area contributed by atoms with Crippen molar-refractivity contribution < 1.29 is 14.6 Å². The number of aliphatic hydroxyl groups excluding tert-OH is 1. The normalized spacial score (nSPS) is 12.8. The van der Waals surface area contributed by atoms with E-state index in [-0.39, 0.29) is 12.1 Å². The summed E-state index contributed by atoms with van der Waals surface area (Å²) in [7, 11) is 0. The van der Waals surface area contributed by atoms with Gasteiger partial charge in [-0.2, -0.15) is 0 Å². The van der Waals surface area contributed by atoms with Gasteiger partial charge in [0.25, 0.3) is 0 Å². The minimum atomic E-state index is -0.287. The Morgan fingerprint density at radius 1 is 1.00 bits per heavy atom. The molecule has 0 aromatic heterocycles. The molecule has 0 aliphatic carbocycles. The second-order valence-corrected chi connectivity index (χ2v) is 6.89. The molecule has 0 fully saturated rings. The average molecular weight is 356 g/mol. The first-order chi connectivity index (χ1) is 12.1. The highest BCUT2D eigenvalue weighted by atomic mass is 16.5. The molecule has 0 aliphatic rings. The highest BCUT2D eigenvalue weighted by Crippen LogP contribution is 2.09. The van der Waals surface area contributed by atoms with Gasteiger partial charge in [-0.3, -0.25) is 4.90 Å². The third-order valence-electron chi connectivity index (χ3n) is 4.39. The van der Waals surface area contributed by atoms with Gasteiger partial charge in [0.1, 0.15) is 6.61 Å². The largest absolute Gasteiger partial charge is 0.461 e. The van der Waals surface area contributed by atoms with Crippen LogP contribution in [0.2, 0.25) is 0 Å². The van der Waals surface area contributed by atoms with E-state index in [4.69, 9.17) is 4.74 Å². The first-order valence-corrected chi connectivity index (χ1v) is 10.3. The number of nitrogens with zero attached hydrogens (tertiary/aromatic N) is 1. The van der Waals surface area contributed by atoms with Crippen molar-refractivity contribution in [2.75, 3.05) is 26.2 Å². The molecule has 0 heterocycles. The summed E-state index contributed by atoms with van der Waals surface area (Å²) in [5.74, 6) is -0.287. The van der Waals surface area contributed by atoms with E-state index in [0.717, 1.165) is 25.8 Å². The lowest BCUT2D eigenvalue weighted by Crippen LogP contribution is -2.36. The summed E-state index contributed by atoms with van der Waals surface area (Å²) in [5, 5.41) is 10.3. The van der Waals surface area contributed by atoms with Crippen LogP contribution in [0, 0.1) is 0 Å². The molecule has 0 saturated heterocycles. The molecule has 0 bridgehead atoms. The first-order valence-electron chi connectivity index (χ1n) is 10.3. The second kappa shape index (κ2) is 17.9. The summed E-state index contributed by atoms with van der Waals surface area (Å²) in [6.07, 6.45) is 14.7. The fourth-order valence-electron chi connectivity index (χ4n) is 2.89. The number of unbranched alkanes of at least 4 members (excludes halogenated alkanes) is 7. The summed E-state index contributed by atoms with van der Waals surface area (Å²) in [5.41, 5.74) is 0. The Kier molecular flexibility index (Phi) is 17.3. The van der Waals surface area contributed by atoms with Gasteiger partial charge < -0.3 is 9.84 Å². The smallest absolute Gasteiger partial charge is 0.330 e. The van der Waals surface area contributed by atoms with Crippen LogP contribution in [0.15, 0.2) is 12.2 Å². The summed E-state index contributed by atoms with van der Waals surface area (Å²) in [4.78, 5) is 13.7. The highest BCUT2D eigenvalue weighted by Gasteiger charge is 2.12. The van der Waals surface area contributed by atoms with Crippen LogP contribution in [0.25, 0.3) is 0 Å². The van der Waals surface area contributed by atoms with Crippen molar-refractivity contribution in [3.05, 3.63) is 12.2 Å². The lowest BCUT2D eigenvalue weighted by Gasteiger charge is -2.25. The van der Waals surface area contributed by atoms with E-state index < -0.39 is 0 Å². The van der Waals surface area contributed by atoms with Gasteiger partial charge in [0, 0.05) is 19.2 Å². The van der Waals surface area contributed by atoms with Crippen molar-refractivity contribution >= 4 is 5.97 Å². The van der Waals surface area contributed by atoms with Gasteiger partial charge in [0.15, 0.2) is 0 Å². The highest BCUT2D eigenvalue weighted by molar-refractivity contribution is 5.81. The molecule has 0 spiro atoms. The first kappa shape index (κ1) is 24.1. The molecule has 1 N–H and O–H groups in total. The minimum Gasteiger partial charge on any atom is -0.461 e. The van der Waals surface area contributed by atoms with Gasteiger partial charge in [-0.1, -0.05) is 71.3 Å². The van der Waals surface area contributed by atoms with E-state index in [1.54, 1.807) is 13.0 Å². The summed E-state index contributed by atoms with van der Waals surface area (Å²) in [6.45, 7) is 8.95. The molecule has 0 saturated carbocycles. The van der Waals surface area contributed by atoms with E-state index in [1.165, 1.54) is 51.0 Å². The van der Waals surface area contributed by atoms with E-state index in [2.05, 4.69) is 18.7 Å². The number of aliphatic hydroxyl groups is 1. The topological polar surface area (TPSA) is 49.8 Å². The third-order valence-corrected chi connectivity index (χ3v) is 4.39. The van der Waals surface area contributed by atoms with Crippen LogP contribution in [0.5, 0.6) is 0 Å². The molecule has 0 aromatic carbocycles. The quantitative estimate of drug-likeness (QED) is 0.233. The number of carbonyl (C=O) groups excluding carboxylic acids is 1. The maximum atomic E-state index is 11.4. The van der Waals surface area contributed by atoms with E-state index in [0.29, 0.717) is 19.7 Å². The molecular formula is C21H41NO3. The van der Waals surface area contributed by atoms with Crippen molar-refractivity contribution in [3.8, 4) is 0 Å². The third kappa shape index (κ3) is 16.4. The Balaban J connectivity index is 4.13. The maximum absolute atomic E-state index is 11.4. The molecule has 0 aromatic rings. The predicted molar refractivity (Wildman–Crippen MR) is 106 cm³/mol. The number of carbonyl (C=O) groups is 1. The Morgan fingerprint density at radius 2 is 1.64 bits per heavy atom. The molecule has 4 nitrogen and oxygen atoms in total. The van der Waals surface area contributed by atoms with E-state index in [1.807, 2.05) is 0 Å². The number of rotatable bonds is 17. The molecule has 148 valence electrons. The van der Waals surface area contributed by atoms with Crippen LogP contribution in [0.1, 0.15) is 85.0 Å². The van der Waals surface area contributed by atoms with Gasteiger partial charge in [-0.25, -0.2) is 4.79 Å². The monoisotopic (exact) mass is 355 g/mol. The Hall–Kier alpha value is -0.870. The minimum absolute atomic E-state index is 0.280. The lowest BCUT2D eigenvalue weighted by atomic mass is 10.1. The number of hydrogen-bond donors (Lipinski definition) is 1. The number of hydrogen-bond acceptors (Lipinski definition) is 4. The molecule has 0 rings (SSSR count). The van der Waals surface area contributed by atoms with Gasteiger partial charge in [0.05, 0.1) is 6.10 Å². The fourth-order valence-corrected chi connectivity index (χ4v) is 2.89. The summed E-state index contributed by atoms with van der Waals surface area (Å²) < 4.78 is 5.20. The van der Waals surface area contributed by atoms with Crippen LogP contribution < -0.4 is 0 Å². The SMILES string of the molecule is C/C=C/C(=O)OCCN(CCCCCCCC)CC(O)CCCCC. The zero-order valence-corrected chi connectivity index (χ0v) is 16.8. The van der Waals surface area contributed by atoms with Crippen LogP contribution in [0.3, 0.4) is 0 Å². The van der Waals surface area contributed by atoms with Crippen LogP contribution >= 0.6 is 0 Å². The Labute approximate surface area is 155 Å². The predicted octanol–water partition coefficient (Wildman–Crippen LogP) is 4.71. The lowest BCUT2D eigenvalue weighted by molar-refractivity contribution is -0.138. The molecule has 0 radical (unpaired) electrons. The molecule has 1 atom stereocenters. The fraction of sp³-hybridized carbons (Fsp3) is 0.857. The number of allylic oxidation sites excluding steroid dienone is 1. The van der Waals surface area contributed by atoms with Gasteiger partial charge in [0.2, 0.25) is 0 Å². The molecule has 0 aliphatic heterocycles. The molecule has 4 heteroatoms. The zero-order valence-electron chi connectivity index (χ0n) is 16.8. The van der Waals surface area contributed by atoms with Crippen molar-refractivity contribution in [2.45, 2.75) is 91.1 Å². The van der Waals surface area contributed by atoms with Crippen molar-refractivity contribution in [1.29, 1.82) is 0 Å². The summed E-state index contributed by atoms with van der Waals surface area (Å²) >= 11 is 0. The zero-order chi connectivity index (χ0) is 18.8. The Bertz CT molecular complexity index is 331. The molecule has 1 unspecified atom stereocenters. The van der Waals surface area contributed by atoms with Gasteiger partial charge in [-0.15, -0.1) is 0 Å². The molecular weight excluding hydrogens is 314 g/mol. The van der Waals surface area contributed by atoms with Crippen LogP contribution in [0.4, 0.5) is 0 Å². The van der Waals surface area contributed by atoms with Gasteiger partial charge in [-0.05, 0) is 26.3 Å². The summed E-state index contributed by atoms with van der Waals surface area (Å²) in [6, 6.07) is 0. The van der Waals surface area contributed by atoms with Gasteiger partial charge >= 0.3 is 5.97 Å². The molecule has 0 amide bonds. The van der Waals surface area contributed by atoms with Crippen LogP contribution in [-0.2, 0) is 9.53 Å². The van der Waals surface area contributed by atoms with Crippen molar-refractivity contribution in [1.82, 2.24) is 4.90 Å². The van der Waals surface area contributed by atoms with E-state index >= 15 is 0 Å². The second-order valence-electron chi connectivity index (χ2n) is 6.89. The van der Waals surface area contributed by atoms with E-state index in [9.17, 15) is 9.90 Å². The van der Waals surface area contributed by atoms with Crippen molar-refractivity contribution in [2.24, 2.45) is 0 Å². The Morgan fingerprint density at radius 3 is 2.32 bits per heavy atom. The number of esters is 1. The average Bonchev–Trinajstić information content (AvgIpc) is 2.58. The van der Waals surface area contributed by atoms with Crippen molar-refractivity contribution in [3.63, 3.8) is 0 Å². The number of ether oxygens (including phenoxy) is 1. The standard InChI is InChI=1S/C21H41NO3/c1-4-7-9-10-11-13-16-22(17-18-25-21(24)14-6-3)19-20(23)15-12-8-5-2/h6,14,20,23H,4-5,7-13,15-19H2,1-3H3/b14-6+.